The summed E-state index contributed by atoms with van der Waals surface area (Å²) >= 11 is 0. The molecule has 1 saturated heterocycles. The Morgan fingerprint density at radius 1 is 1.47 bits per heavy atom. The molecule has 1 aliphatic heterocycles. The molecule has 1 aromatic rings. The first kappa shape index (κ1) is 12.5. The van der Waals surface area contributed by atoms with Gasteiger partial charge >= 0.3 is 0 Å². The minimum absolute atomic E-state index is 0.0242. The maximum absolute atomic E-state index is 10.9. The van der Waals surface area contributed by atoms with E-state index in [9.17, 15) is 13.5 Å². The SMILES string of the molecule is CS(=O)(=O)OCc1cccc(C2(O)COC2)c1. The largest absolute Gasteiger partial charge is 0.380 e. The zero-order chi connectivity index (χ0) is 12.5. The summed E-state index contributed by atoms with van der Waals surface area (Å²) in [6.07, 6.45) is 1.00. The van der Waals surface area contributed by atoms with Crippen LogP contribution in [0.25, 0.3) is 0 Å². The molecule has 5 nitrogen and oxygen atoms in total. The van der Waals surface area contributed by atoms with E-state index in [1.165, 1.54) is 0 Å². The number of ether oxygens (including phenoxy) is 1. The predicted octanol–water partition coefficient (Wildman–Crippen LogP) is 0.381. The quantitative estimate of drug-likeness (QED) is 0.790. The van der Waals surface area contributed by atoms with Crippen LogP contribution in [-0.4, -0.2) is 33.0 Å². The molecule has 1 aromatic carbocycles. The first-order valence-electron chi connectivity index (χ1n) is 5.13. The lowest BCUT2D eigenvalue weighted by atomic mass is 9.91. The monoisotopic (exact) mass is 258 g/mol. The van der Waals surface area contributed by atoms with Crippen LogP contribution in [0.2, 0.25) is 0 Å². The normalized spacial score (nSPS) is 18.7. The van der Waals surface area contributed by atoms with Crippen LogP contribution in [0, 0.1) is 0 Å². The minimum atomic E-state index is -3.45. The van der Waals surface area contributed by atoms with Crippen molar-refractivity contribution in [2.75, 3.05) is 19.5 Å². The molecule has 1 N–H and O–H groups in total. The van der Waals surface area contributed by atoms with Crippen molar-refractivity contribution < 1.29 is 22.4 Å². The van der Waals surface area contributed by atoms with Gasteiger partial charge < -0.3 is 9.84 Å². The summed E-state index contributed by atoms with van der Waals surface area (Å²) < 4.78 is 31.4. The molecule has 1 heterocycles. The molecule has 0 unspecified atom stereocenters. The molecule has 0 saturated carbocycles. The Morgan fingerprint density at radius 2 is 2.18 bits per heavy atom. The van der Waals surface area contributed by atoms with Crippen molar-refractivity contribution in [2.45, 2.75) is 12.2 Å². The van der Waals surface area contributed by atoms with Gasteiger partial charge in [0.1, 0.15) is 5.60 Å². The second kappa shape index (κ2) is 4.38. The summed E-state index contributed by atoms with van der Waals surface area (Å²) in [7, 11) is -3.45. The zero-order valence-corrected chi connectivity index (χ0v) is 10.2. The van der Waals surface area contributed by atoms with Gasteiger partial charge in [0.25, 0.3) is 10.1 Å². The number of benzene rings is 1. The van der Waals surface area contributed by atoms with Crippen molar-refractivity contribution >= 4 is 10.1 Å². The lowest BCUT2D eigenvalue weighted by molar-refractivity contribution is -0.184. The van der Waals surface area contributed by atoms with Gasteiger partial charge in [0.2, 0.25) is 0 Å². The summed E-state index contributed by atoms with van der Waals surface area (Å²) in [5.41, 5.74) is 0.479. The first-order chi connectivity index (χ1) is 7.89. The second-order valence-electron chi connectivity index (χ2n) is 4.19. The molecule has 0 radical (unpaired) electrons. The molecule has 2 rings (SSSR count). The highest BCUT2D eigenvalue weighted by Crippen LogP contribution is 2.29. The smallest absolute Gasteiger partial charge is 0.264 e. The van der Waals surface area contributed by atoms with E-state index in [-0.39, 0.29) is 19.8 Å². The Bertz CT molecular complexity index is 504. The summed E-state index contributed by atoms with van der Waals surface area (Å²) in [5.74, 6) is 0. The number of rotatable bonds is 4. The molecule has 0 atom stereocenters. The van der Waals surface area contributed by atoms with Gasteiger partial charge in [-0.15, -0.1) is 0 Å². The Kier molecular flexibility index (Phi) is 3.22. The van der Waals surface area contributed by atoms with Crippen molar-refractivity contribution in [3.63, 3.8) is 0 Å². The van der Waals surface area contributed by atoms with Crippen molar-refractivity contribution in [1.29, 1.82) is 0 Å². The molecule has 0 aromatic heterocycles. The maximum atomic E-state index is 10.9. The molecule has 6 heteroatoms. The Balaban J connectivity index is 2.12. The van der Waals surface area contributed by atoms with Crippen LogP contribution >= 0.6 is 0 Å². The van der Waals surface area contributed by atoms with Gasteiger partial charge in [-0.05, 0) is 11.1 Å². The molecular formula is C11H14O5S. The van der Waals surface area contributed by atoms with E-state index in [2.05, 4.69) is 0 Å². The average Bonchev–Trinajstić information content (AvgIpc) is 2.23. The number of hydrogen-bond donors (Lipinski definition) is 1. The number of hydrogen-bond acceptors (Lipinski definition) is 5. The fourth-order valence-electron chi connectivity index (χ4n) is 1.59. The van der Waals surface area contributed by atoms with Gasteiger partial charge in [0, 0.05) is 0 Å². The summed E-state index contributed by atoms with van der Waals surface area (Å²) in [6, 6.07) is 7.02. The van der Waals surface area contributed by atoms with E-state index in [0.717, 1.165) is 11.8 Å². The van der Waals surface area contributed by atoms with Crippen molar-refractivity contribution in [3.8, 4) is 0 Å². The van der Waals surface area contributed by atoms with Crippen LogP contribution in [0.4, 0.5) is 0 Å². The average molecular weight is 258 g/mol. The molecule has 17 heavy (non-hydrogen) atoms. The Hall–Kier alpha value is -0.950. The van der Waals surface area contributed by atoms with E-state index in [0.29, 0.717) is 5.56 Å². The summed E-state index contributed by atoms with van der Waals surface area (Å²) in [5, 5.41) is 10.0. The van der Waals surface area contributed by atoms with Crippen molar-refractivity contribution in [1.82, 2.24) is 0 Å². The highest BCUT2D eigenvalue weighted by atomic mass is 32.2. The third kappa shape index (κ3) is 3.04. The van der Waals surface area contributed by atoms with Crippen LogP contribution in [0.15, 0.2) is 24.3 Å². The van der Waals surface area contributed by atoms with Crippen molar-refractivity contribution in [3.05, 3.63) is 35.4 Å². The van der Waals surface area contributed by atoms with E-state index in [4.69, 9.17) is 8.92 Å². The third-order valence-electron chi connectivity index (χ3n) is 2.59. The highest BCUT2D eigenvalue weighted by molar-refractivity contribution is 7.85. The van der Waals surface area contributed by atoms with Crippen molar-refractivity contribution in [2.24, 2.45) is 0 Å². The van der Waals surface area contributed by atoms with E-state index in [1.807, 2.05) is 0 Å². The maximum Gasteiger partial charge on any atom is 0.264 e. The van der Waals surface area contributed by atoms with E-state index >= 15 is 0 Å². The van der Waals surface area contributed by atoms with Crippen LogP contribution in [0.1, 0.15) is 11.1 Å². The van der Waals surface area contributed by atoms with E-state index < -0.39 is 15.7 Å². The van der Waals surface area contributed by atoms with Gasteiger partial charge in [0.05, 0.1) is 26.1 Å². The third-order valence-corrected chi connectivity index (χ3v) is 3.13. The standard InChI is InChI=1S/C11H14O5S/c1-17(13,14)16-6-9-3-2-4-10(5-9)11(12)7-15-8-11/h2-5,12H,6-8H2,1H3. The molecule has 1 fully saturated rings. The van der Waals surface area contributed by atoms with Gasteiger partial charge in [-0.3, -0.25) is 4.18 Å². The second-order valence-corrected chi connectivity index (χ2v) is 5.84. The van der Waals surface area contributed by atoms with Gasteiger partial charge in [0.15, 0.2) is 0 Å². The molecule has 0 amide bonds. The highest BCUT2D eigenvalue weighted by Gasteiger charge is 2.37. The molecular weight excluding hydrogens is 244 g/mol. The molecule has 0 bridgehead atoms. The van der Waals surface area contributed by atoms with Crippen LogP contribution in [0.5, 0.6) is 0 Å². The Morgan fingerprint density at radius 3 is 2.71 bits per heavy atom. The summed E-state index contributed by atoms with van der Waals surface area (Å²) in [6.45, 7) is 0.510. The first-order valence-corrected chi connectivity index (χ1v) is 6.95. The lowest BCUT2D eigenvalue weighted by Gasteiger charge is -2.36. The predicted molar refractivity (Wildman–Crippen MR) is 60.8 cm³/mol. The minimum Gasteiger partial charge on any atom is -0.380 e. The van der Waals surface area contributed by atoms with Gasteiger partial charge in [-0.2, -0.15) is 8.42 Å². The molecule has 0 aliphatic carbocycles. The van der Waals surface area contributed by atoms with Gasteiger partial charge in [-0.25, -0.2) is 0 Å². The van der Waals surface area contributed by atoms with Crippen LogP contribution in [0.3, 0.4) is 0 Å². The van der Waals surface area contributed by atoms with Crippen LogP contribution in [-0.2, 0) is 31.2 Å². The molecule has 1 aliphatic rings. The fourth-order valence-corrected chi connectivity index (χ4v) is 1.94. The topological polar surface area (TPSA) is 72.8 Å². The molecule has 0 spiro atoms. The Labute approximate surface area is 100 Å². The van der Waals surface area contributed by atoms with E-state index in [1.54, 1.807) is 24.3 Å². The summed E-state index contributed by atoms with van der Waals surface area (Å²) in [4.78, 5) is 0. The fraction of sp³-hybridized carbons (Fsp3) is 0.455. The lowest BCUT2D eigenvalue weighted by Crippen LogP contribution is -2.46. The van der Waals surface area contributed by atoms with Crippen LogP contribution < -0.4 is 0 Å². The number of aliphatic hydroxyl groups is 1. The van der Waals surface area contributed by atoms with Gasteiger partial charge in [-0.1, -0.05) is 24.3 Å². The molecule has 94 valence electrons. The zero-order valence-electron chi connectivity index (χ0n) is 9.42.